The summed E-state index contributed by atoms with van der Waals surface area (Å²) in [6.45, 7) is 3.06. The Kier molecular flexibility index (Phi) is 4.55. The van der Waals surface area contributed by atoms with E-state index in [1.54, 1.807) is 17.4 Å². The lowest BCUT2D eigenvalue weighted by Gasteiger charge is -2.05. The van der Waals surface area contributed by atoms with Crippen LogP contribution in [0.25, 0.3) is 10.6 Å². The molecule has 22 heavy (non-hydrogen) atoms. The Morgan fingerprint density at radius 3 is 2.82 bits per heavy atom. The molecule has 112 valence electrons. The van der Waals surface area contributed by atoms with Crippen molar-refractivity contribution in [2.24, 2.45) is 0 Å². The lowest BCUT2D eigenvalue weighted by Crippen LogP contribution is -2.02. The Bertz CT molecular complexity index is 732. The molecule has 0 aliphatic rings. The van der Waals surface area contributed by atoms with Crippen molar-refractivity contribution in [2.75, 3.05) is 11.9 Å². The third-order valence-corrected chi connectivity index (χ3v) is 3.81. The minimum absolute atomic E-state index is 0.558. The van der Waals surface area contributed by atoms with Gasteiger partial charge in [-0.3, -0.25) is 0 Å². The van der Waals surface area contributed by atoms with Gasteiger partial charge in [0.1, 0.15) is 22.2 Å². The van der Waals surface area contributed by atoms with Gasteiger partial charge in [-0.1, -0.05) is 41.7 Å². The van der Waals surface area contributed by atoms with E-state index in [0.717, 1.165) is 15.6 Å². The molecule has 0 unspecified atom stereocenters. The van der Waals surface area contributed by atoms with Crippen molar-refractivity contribution in [3.05, 3.63) is 47.7 Å². The molecule has 0 bridgehead atoms. The highest BCUT2D eigenvalue weighted by molar-refractivity contribution is 7.14. The van der Waals surface area contributed by atoms with Crippen LogP contribution >= 0.6 is 11.3 Å². The zero-order valence-corrected chi connectivity index (χ0v) is 12.9. The van der Waals surface area contributed by atoms with Crippen LogP contribution < -0.4 is 10.1 Å². The van der Waals surface area contributed by atoms with Crippen LogP contribution in [0.5, 0.6) is 5.88 Å². The number of ether oxygens (including phenoxy) is 1. The molecule has 7 heteroatoms. The van der Waals surface area contributed by atoms with E-state index in [1.807, 2.05) is 37.3 Å². The van der Waals surface area contributed by atoms with Crippen molar-refractivity contribution < 1.29 is 4.74 Å². The fourth-order valence-electron chi connectivity index (χ4n) is 1.85. The zero-order chi connectivity index (χ0) is 15.2. The summed E-state index contributed by atoms with van der Waals surface area (Å²) in [6.07, 6.45) is 1.48. The molecule has 0 aliphatic heterocycles. The number of benzene rings is 1. The summed E-state index contributed by atoms with van der Waals surface area (Å²) in [6, 6.07) is 11.8. The molecule has 1 aromatic carbocycles. The van der Waals surface area contributed by atoms with Crippen LogP contribution in [0.1, 0.15) is 11.9 Å². The van der Waals surface area contributed by atoms with Crippen molar-refractivity contribution in [1.82, 2.24) is 20.2 Å². The van der Waals surface area contributed by atoms with Crippen molar-refractivity contribution in [3.8, 4) is 16.5 Å². The predicted molar refractivity (Wildman–Crippen MR) is 85.9 cm³/mol. The standard InChI is InChI=1S/C15H15N5OS/c1-2-21-13-8-12(17-10-18-13)16-9-14-19-20-15(22-14)11-6-4-3-5-7-11/h3-8,10H,2,9H2,1H3,(H,16,17,18). The molecule has 2 heterocycles. The van der Waals surface area contributed by atoms with Gasteiger partial charge < -0.3 is 10.1 Å². The van der Waals surface area contributed by atoms with Gasteiger partial charge in [0.2, 0.25) is 5.88 Å². The first-order chi connectivity index (χ1) is 10.8. The number of hydrogen-bond acceptors (Lipinski definition) is 7. The van der Waals surface area contributed by atoms with E-state index in [9.17, 15) is 0 Å². The van der Waals surface area contributed by atoms with Gasteiger partial charge in [0.05, 0.1) is 13.2 Å². The third-order valence-electron chi connectivity index (χ3n) is 2.84. The van der Waals surface area contributed by atoms with Gasteiger partial charge in [-0.2, -0.15) is 0 Å². The van der Waals surface area contributed by atoms with Gasteiger partial charge in [0.15, 0.2) is 0 Å². The highest BCUT2D eigenvalue weighted by atomic mass is 32.1. The topological polar surface area (TPSA) is 72.8 Å². The lowest BCUT2D eigenvalue weighted by atomic mass is 10.2. The maximum atomic E-state index is 5.34. The lowest BCUT2D eigenvalue weighted by molar-refractivity contribution is 0.326. The smallest absolute Gasteiger partial charge is 0.218 e. The molecule has 0 amide bonds. The minimum atomic E-state index is 0.558. The number of nitrogens with zero attached hydrogens (tertiary/aromatic N) is 4. The second-order valence-electron chi connectivity index (χ2n) is 4.40. The van der Waals surface area contributed by atoms with Crippen LogP contribution in [0, 0.1) is 0 Å². The Morgan fingerprint density at radius 1 is 1.14 bits per heavy atom. The van der Waals surface area contributed by atoms with Crippen LogP contribution in [-0.2, 0) is 6.54 Å². The van der Waals surface area contributed by atoms with E-state index < -0.39 is 0 Å². The normalized spacial score (nSPS) is 10.4. The van der Waals surface area contributed by atoms with Gasteiger partial charge in [0.25, 0.3) is 0 Å². The van der Waals surface area contributed by atoms with Crippen molar-refractivity contribution in [2.45, 2.75) is 13.5 Å². The summed E-state index contributed by atoms with van der Waals surface area (Å²) in [4.78, 5) is 8.19. The van der Waals surface area contributed by atoms with E-state index in [0.29, 0.717) is 24.8 Å². The van der Waals surface area contributed by atoms with E-state index in [1.165, 1.54) is 6.33 Å². The number of aromatic nitrogens is 4. The second-order valence-corrected chi connectivity index (χ2v) is 5.46. The fourth-order valence-corrected chi connectivity index (χ4v) is 2.64. The average molecular weight is 313 g/mol. The van der Waals surface area contributed by atoms with Crippen LogP contribution in [0.15, 0.2) is 42.7 Å². The molecular weight excluding hydrogens is 298 g/mol. The molecule has 6 nitrogen and oxygen atoms in total. The summed E-state index contributed by atoms with van der Waals surface area (Å²) < 4.78 is 5.34. The first kappa shape index (κ1) is 14.4. The van der Waals surface area contributed by atoms with E-state index in [-0.39, 0.29) is 0 Å². The summed E-state index contributed by atoms with van der Waals surface area (Å²) in [5, 5.41) is 13.4. The molecule has 3 aromatic rings. The van der Waals surface area contributed by atoms with Gasteiger partial charge in [-0.25, -0.2) is 9.97 Å². The summed E-state index contributed by atoms with van der Waals surface area (Å²) >= 11 is 1.56. The maximum Gasteiger partial charge on any atom is 0.218 e. The Balaban J connectivity index is 1.65. The van der Waals surface area contributed by atoms with E-state index in [2.05, 4.69) is 25.5 Å². The molecule has 0 aliphatic carbocycles. The van der Waals surface area contributed by atoms with Crippen LogP contribution in [0.4, 0.5) is 5.82 Å². The molecule has 1 N–H and O–H groups in total. The first-order valence-electron chi connectivity index (χ1n) is 6.91. The van der Waals surface area contributed by atoms with Gasteiger partial charge in [-0.05, 0) is 6.92 Å². The largest absolute Gasteiger partial charge is 0.478 e. The van der Waals surface area contributed by atoms with Crippen molar-refractivity contribution in [1.29, 1.82) is 0 Å². The number of rotatable bonds is 6. The Hall–Kier alpha value is -2.54. The zero-order valence-electron chi connectivity index (χ0n) is 12.1. The highest BCUT2D eigenvalue weighted by Gasteiger charge is 2.06. The third kappa shape index (κ3) is 3.56. The minimum Gasteiger partial charge on any atom is -0.478 e. The molecule has 0 saturated heterocycles. The SMILES string of the molecule is CCOc1cc(NCc2nnc(-c3ccccc3)s2)ncn1. The predicted octanol–water partition coefficient (Wildman–Crippen LogP) is 3.01. The number of hydrogen-bond donors (Lipinski definition) is 1. The van der Waals surface area contributed by atoms with Crippen molar-refractivity contribution >= 4 is 17.2 Å². The Labute approximate surface area is 132 Å². The molecule has 0 saturated carbocycles. The molecule has 0 spiro atoms. The highest BCUT2D eigenvalue weighted by Crippen LogP contribution is 2.23. The van der Waals surface area contributed by atoms with Crippen LogP contribution in [0.3, 0.4) is 0 Å². The summed E-state index contributed by atoms with van der Waals surface area (Å²) in [5.41, 5.74) is 1.08. The maximum absolute atomic E-state index is 5.34. The molecule has 2 aromatic heterocycles. The fraction of sp³-hybridized carbons (Fsp3) is 0.200. The van der Waals surface area contributed by atoms with Gasteiger partial charge in [-0.15, -0.1) is 10.2 Å². The van der Waals surface area contributed by atoms with Gasteiger partial charge in [0, 0.05) is 11.6 Å². The quantitative estimate of drug-likeness (QED) is 0.754. The first-order valence-corrected chi connectivity index (χ1v) is 7.73. The van der Waals surface area contributed by atoms with Crippen molar-refractivity contribution in [3.63, 3.8) is 0 Å². The summed E-state index contributed by atoms with van der Waals surface area (Å²) in [5.74, 6) is 1.26. The number of nitrogens with one attached hydrogen (secondary N) is 1. The molecule has 0 fully saturated rings. The van der Waals surface area contributed by atoms with E-state index >= 15 is 0 Å². The van der Waals surface area contributed by atoms with Crippen LogP contribution in [-0.4, -0.2) is 26.8 Å². The molecule has 0 atom stereocenters. The van der Waals surface area contributed by atoms with Crippen LogP contribution in [0.2, 0.25) is 0 Å². The molecular formula is C15H15N5OS. The van der Waals surface area contributed by atoms with Gasteiger partial charge >= 0.3 is 0 Å². The number of anilines is 1. The van der Waals surface area contributed by atoms with E-state index in [4.69, 9.17) is 4.74 Å². The summed E-state index contributed by atoms with van der Waals surface area (Å²) in [7, 11) is 0. The molecule has 0 radical (unpaired) electrons. The monoisotopic (exact) mass is 313 g/mol. The second kappa shape index (κ2) is 6.95. The Morgan fingerprint density at radius 2 is 2.00 bits per heavy atom. The average Bonchev–Trinajstić information content (AvgIpc) is 3.04. The molecule has 3 rings (SSSR count).